The molecule has 1 aliphatic heterocycles. The molecular formula is C18H17N5OS2. The third-order valence-electron chi connectivity index (χ3n) is 4.71. The lowest BCUT2D eigenvalue weighted by Gasteiger charge is -2.31. The van der Waals surface area contributed by atoms with Gasteiger partial charge in [-0.3, -0.25) is 4.79 Å². The number of para-hydroxylation sites is 1. The van der Waals surface area contributed by atoms with Gasteiger partial charge in [-0.25, -0.2) is 9.97 Å². The van der Waals surface area contributed by atoms with Gasteiger partial charge < -0.3 is 4.90 Å². The predicted octanol–water partition coefficient (Wildman–Crippen LogP) is 3.45. The molecule has 1 aliphatic rings. The van der Waals surface area contributed by atoms with Gasteiger partial charge in [-0.15, -0.1) is 16.4 Å². The first kappa shape index (κ1) is 15.9. The molecule has 3 aromatic heterocycles. The van der Waals surface area contributed by atoms with Crippen LogP contribution in [0.4, 0.5) is 5.13 Å². The van der Waals surface area contributed by atoms with E-state index in [-0.39, 0.29) is 5.56 Å². The van der Waals surface area contributed by atoms with Gasteiger partial charge in [-0.1, -0.05) is 23.5 Å². The largest absolute Gasteiger partial charge is 0.346 e. The van der Waals surface area contributed by atoms with Gasteiger partial charge in [0.25, 0.3) is 5.56 Å². The van der Waals surface area contributed by atoms with Crippen LogP contribution in [0.3, 0.4) is 0 Å². The van der Waals surface area contributed by atoms with E-state index in [1.807, 2.05) is 13.0 Å². The Kier molecular flexibility index (Phi) is 3.75. The molecule has 8 heteroatoms. The van der Waals surface area contributed by atoms with Crippen LogP contribution in [-0.2, 0) is 0 Å². The number of aryl methyl sites for hydroxylation is 1. The van der Waals surface area contributed by atoms with Gasteiger partial charge in [0.2, 0.25) is 10.1 Å². The maximum absolute atomic E-state index is 12.1. The molecule has 0 bridgehead atoms. The zero-order valence-corrected chi connectivity index (χ0v) is 15.9. The number of hydrogen-bond acceptors (Lipinski definition) is 7. The number of hydrogen-bond donors (Lipinski definition) is 0. The number of fused-ring (bicyclic) bond motifs is 2. The van der Waals surface area contributed by atoms with E-state index in [0.717, 1.165) is 42.3 Å². The number of anilines is 1. The minimum Gasteiger partial charge on any atom is -0.346 e. The lowest BCUT2D eigenvalue weighted by Crippen LogP contribution is -2.34. The van der Waals surface area contributed by atoms with E-state index in [2.05, 4.69) is 33.2 Å². The van der Waals surface area contributed by atoms with Crippen molar-refractivity contribution in [3.63, 3.8) is 0 Å². The number of rotatable bonds is 2. The third kappa shape index (κ3) is 2.69. The Balaban J connectivity index is 1.47. The lowest BCUT2D eigenvalue weighted by molar-refractivity contribution is 0.507. The normalized spacial score (nSPS) is 18.0. The molecule has 0 aliphatic carbocycles. The third-order valence-corrected chi connectivity index (χ3v) is 6.88. The Labute approximate surface area is 157 Å². The van der Waals surface area contributed by atoms with E-state index in [1.165, 1.54) is 31.6 Å². The van der Waals surface area contributed by atoms with Crippen molar-refractivity contribution < 1.29 is 0 Å². The van der Waals surface area contributed by atoms with Gasteiger partial charge in [0, 0.05) is 30.8 Å². The summed E-state index contributed by atoms with van der Waals surface area (Å²) in [5, 5.41) is 6.58. The van der Waals surface area contributed by atoms with Crippen LogP contribution in [-0.4, -0.2) is 32.7 Å². The lowest BCUT2D eigenvalue weighted by atomic mass is 9.99. The van der Waals surface area contributed by atoms with Crippen LogP contribution in [0.5, 0.6) is 0 Å². The van der Waals surface area contributed by atoms with Gasteiger partial charge in [-0.2, -0.15) is 4.52 Å². The number of nitrogens with zero attached hydrogens (tertiary/aromatic N) is 5. The molecule has 5 rings (SSSR count). The Bertz CT molecular complexity index is 1130. The average Bonchev–Trinajstić information content (AvgIpc) is 3.26. The second-order valence-electron chi connectivity index (χ2n) is 6.62. The first-order valence-electron chi connectivity index (χ1n) is 8.65. The molecule has 0 saturated carbocycles. The topological polar surface area (TPSA) is 63.4 Å². The van der Waals surface area contributed by atoms with Gasteiger partial charge >= 0.3 is 0 Å². The molecule has 4 aromatic rings. The molecule has 0 radical (unpaired) electrons. The van der Waals surface area contributed by atoms with Crippen LogP contribution < -0.4 is 10.5 Å². The number of benzene rings is 1. The molecule has 26 heavy (non-hydrogen) atoms. The fourth-order valence-electron chi connectivity index (χ4n) is 3.46. The van der Waals surface area contributed by atoms with Gasteiger partial charge in [0.05, 0.1) is 15.2 Å². The molecule has 1 fully saturated rings. The number of piperidine rings is 1. The van der Waals surface area contributed by atoms with Crippen molar-refractivity contribution in [1.29, 1.82) is 0 Å². The fraction of sp³-hybridized carbons (Fsp3) is 0.333. The van der Waals surface area contributed by atoms with Crippen molar-refractivity contribution in [2.24, 2.45) is 0 Å². The zero-order chi connectivity index (χ0) is 17.7. The van der Waals surface area contributed by atoms with Crippen molar-refractivity contribution in [3.8, 4) is 0 Å². The molecule has 0 amide bonds. The molecule has 0 N–H and O–H groups in total. The highest BCUT2D eigenvalue weighted by Gasteiger charge is 2.26. The summed E-state index contributed by atoms with van der Waals surface area (Å²) in [6, 6.07) is 9.82. The van der Waals surface area contributed by atoms with Crippen molar-refractivity contribution in [3.05, 3.63) is 51.4 Å². The van der Waals surface area contributed by atoms with Crippen LogP contribution in [0.2, 0.25) is 0 Å². The van der Waals surface area contributed by atoms with Crippen molar-refractivity contribution in [2.75, 3.05) is 18.0 Å². The van der Waals surface area contributed by atoms with Crippen molar-refractivity contribution >= 4 is 43.0 Å². The number of thiazole rings is 1. The minimum atomic E-state index is -0.116. The Morgan fingerprint density at radius 1 is 1.19 bits per heavy atom. The van der Waals surface area contributed by atoms with Gasteiger partial charge in [0.15, 0.2) is 0 Å². The highest BCUT2D eigenvalue weighted by atomic mass is 32.1. The molecule has 0 spiro atoms. The summed E-state index contributed by atoms with van der Waals surface area (Å²) in [5.74, 6) is 0.402. The molecular weight excluding hydrogens is 366 g/mol. The highest BCUT2D eigenvalue weighted by Crippen LogP contribution is 2.35. The van der Waals surface area contributed by atoms with Crippen molar-refractivity contribution in [2.45, 2.75) is 25.7 Å². The van der Waals surface area contributed by atoms with Crippen LogP contribution in [0.15, 0.2) is 35.1 Å². The summed E-state index contributed by atoms with van der Waals surface area (Å²) in [5.41, 5.74) is 1.70. The second-order valence-corrected chi connectivity index (χ2v) is 8.62. The van der Waals surface area contributed by atoms with Crippen LogP contribution >= 0.6 is 22.7 Å². The van der Waals surface area contributed by atoms with Gasteiger partial charge in [0.1, 0.15) is 0 Å². The van der Waals surface area contributed by atoms with Crippen LogP contribution in [0, 0.1) is 6.92 Å². The minimum absolute atomic E-state index is 0.116. The molecule has 0 unspecified atom stereocenters. The summed E-state index contributed by atoms with van der Waals surface area (Å²) >= 11 is 3.27. The van der Waals surface area contributed by atoms with Crippen LogP contribution in [0.25, 0.3) is 15.2 Å². The quantitative estimate of drug-likeness (QED) is 0.530. The second kappa shape index (κ2) is 6.14. The van der Waals surface area contributed by atoms with E-state index in [9.17, 15) is 4.79 Å². The summed E-state index contributed by atoms with van der Waals surface area (Å²) < 4.78 is 2.65. The molecule has 1 saturated heterocycles. The SMILES string of the molecule is Cc1cc(=O)n2nc(N3CCC[C@H](c4nc5ccccc5s4)C3)sc2n1. The van der Waals surface area contributed by atoms with E-state index < -0.39 is 0 Å². The zero-order valence-electron chi connectivity index (χ0n) is 14.3. The molecule has 1 aromatic carbocycles. The Hall–Kier alpha value is -2.32. The van der Waals surface area contributed by atoms with E-state index >= 15 is 0 Å². The molecule has 1 atom stereocenters. The summed E-state index contributed by atoms with van der Waals surface area (Å²) in [4.78, 5) is 24.3. The predicted molar refractivity (Wildman–Crippen MR) is 106 cm³/mol. The first-order valence-corrected chi connectivity index (χ1v) is 10.3. The fourth-order valence-corrected chi connectivity index (χ4v) is 5.54. The van der Waals surface area contributed by atoms with Gasteiger partial charge in [-0.05, 0) is 31.9 Å². The van der Waals surface area contributed by atoms with E-state index in [1.54, 1.807) is 11.3 Å². The molecule has 132 valence electrons. The molecule has 6 nitrogen and oxygen atoms in total. The Morgan fingerprint density at radius 3 is 2.96 bits per heavy atom. The maximum atomic E-state index is 12.1. The molecule has 4 heterocycles. The van der Waals surface area contributed by atoms with Crippen LogP contribution in [0.1, 0.15) is 29.5 Å². The monoisotopic (exact) mass is 383 g/mol. The van der Waals surface area contributed by atoms with E-state index in [0.29, 0.717) is 10.9 Å². The van der Waals surface area contributed by atoms with E-state index in [4.69, 9.17) is 4.98 Å². The first-order chi connectivity index (χ1) is 12.7. The summed E-state index contributed by atoms with van der Waals surface area (Å²) in [7, 11) is 0. The number of aromatic nitrogens is 4. The average molecular weight is 384 g/mol. The summed E-state index contributed by atoms with van der Waals surface area (Å²) in [6.07, 6.45) is 2.23. The highest BCUT2D eigenvalue weighted by molar-refractivity contribution is 7.20. The Morgan fingerprint density at radius 2 is 2.08 bits per heavy atom. The standard InChI is InChI=1S/C18H17N5OS2/c1-11-9-15(24)23-17(19-11)26-18(21-23)22-8-4-5-12(10-22)16-20-13-6-2-3-7-14(13)25-16/h2-3,6-7,9,12H,4-5,8,10H2,1H3/t12-/m0/s1. The summed E-state index contributed by atoms with van der Waals surface area (Å²) in [6.45, 7) is 3.67. The maximum Gasteiger partial charge on any atom is 0.275 e. The van der Waals surface area contributed by atoms with Crippen molar-refractivity contribution in [1.82, 2.24) is 19.6 Å². The smallest absolute Gasteiger partial charge is 0.275 e.